The fourth-order valence-corrected chi connectivity index (χ4v) is 8.99. The Balaban J connectivity index is 1.15. The van der Waals surface area contributed by atoms with Crippen molar-refractivity contribution < 1.29 is 0 Å². The molecule has 0 aliphatic heterocycles. The summed E-state index contributed by atoms with van der Waals surface area (Å²) in [5, 5.41) is 0. The number of fused-ring (bicyclic) bond motifs is 9. The minimum Gasteiger partial charge on any atom is -0.208 e. The molecule has 0 fully saturated rings. The summed E-state index contributed by atoms with van der Waals surface area (Å²) in [6.07, 6.45) is 4.54. The summed E-state index contributed by atoms with van der Waals surface area (Å²) in [5.74, 6) is 1.89. The normalized spacial score (nSPS) is 13.0. The van der Waals surface area contributed by atoms with Crippen LogP contribution in [-0.2, 0) is 5.41 Å². The third-order valence-electron chi connectivity index (χ3n) is 11.6. The minimum absolute atomic E-state index is 0.550. The quantitative estimate of drug-likeness (QED) is 0.177. The molecule has 0 bridgehead atoms. The molecule has 57 heavy (non-hydrogen) atoms. The third kappa shape index (κ3) is 5.39. The summed E-state index contributed by atoms with van der Waals surface area (Å²) >= 11 is 0. The molecule has 0 saturated carbocycles. The standard InChI is InChI=1S/C54H35N3/c1-3-15-36(16-4-1)40-21-13-23-42(33-40)51-55-52(43-24-14-22-41(34-43)37-17-5-2-6-18-37)57-53(56-51)44-31-32-46-45-25-9-12-28-49(45)54(50(46)35-44)47-26-10-7-19-38(47)29-30-39-20-8-11-27-48(39)54/h1-35H. The molecule has 0 N–H and O–H groups in total. The number of nitrogens with zero attached hydrogens (tertiary/aromatic N) is 3. The second kappa shape index (κ2) is 13.4. The van der Waals surface area contributed by atoms with Crippen LogP contribution in [0.2, 0.25) is 0 Å². The highest BCUT2D eigenvalue weighted by molar-refractivity contribution is 5.92. The van der Waals surface area contributed by atoms with Crippen molar-refractivity contribution in [3.8, 4) is 67.5 Å². The van der Waals surface area contributed by atoms with E-state index in [1.807, 2.05) is 12.1 Å². The molecular weight excluding hydrogens is 691 g/mol. The molecule has 3 heteroatoms. The van der Waals surface area contributed by atoms with Crippen LogP contribution >= 0.6 is 0 Å². The van der Waals surface area contributed by atoms with Crippen molar-refractivity contribution in [2.75, 3.05) is 0 Å². The molecule has 0 amide bonds. The highest BCUT2D eigenvalue weighted by Gasteiger charge is 2.48. The summed E-state index contributed by atoms with van der Waals surface area (Å²) < 4.78 is 0. The molecule has 0 atom stereocenters. The van der Waals surface area contributed by atoms with Crippen molar-refractivity contribution in [1.82, 2.24) is 15.0 Å². The van der Waals surface area contributed by atoms with Crippen molar-refractivity contribution in [2.24, 2.45) is 0 Å². The molecule has 0 unspecified atom stereocenters. The van der Waals surface area contributed by atoms with Gasteiger partial charge in [0.2, 0.25) is 0 Å². The van der Waals surface area contributed by atoms with Gasteiger partial charge in [0, 0.05) is 16.7 Å². The van der Waals surface area contributed by atoms with Crippen LogP contribution in [0.1, 0.15) is 33.4 Å². The first kappa shape index (κ1) is 32.9. The van der Waals surface area contributed by atoms with Crippen LogP contribution < -0.4 is 0 Å². The van der Waals surface area contributed by atoms with E-state index in [4.69, 9.17) is 15.0 Å². The molecule has 11 rings (SSSR count). The van der Waals surface area contributed by atoms with Crippen LogP contribution in [0.15, 0.2) is 200 Å². The van der Waals surface area contributed by atoms with Gasteiger partial charge in [-0.05, 0) is 85.0 Å². The molecule has 1 spiro atoms. The Morgan fingerprint density at radius 2 is 0.667 bits per heavy atom. The maximum atomic E-state index is 5.30. The van der Waals surface area contributed by atoms with Crippen LogP contribution in [0.5, 0.6) is 0 Å². The Kier molecular flexibility index (Phi) is 7.71. The largest absolute Gasteiger partial charge is 0.208 e. The molecular formula is C54H35N3. The highest BCUT2D eigenvalue weighted by atomic mass is 15.0. The van der Waals surface area contributed by atoms with Crippen molar-refractivity contribution in [1.29, 1.82) is 0 Å². The lowest BCUT2D eigenvalue weighted by atomic mass is 9.66. The van der Waals surface area contributed by atoms with Gasteiger partial charge in [-0.3, -0.25) is 0 Å². The number of hydrogen-bond donors (Lipinski definition) is 0. The predicted molar refractivity (Wildman–Crippen MR) is 233 cm³/mol. The van der Waals surface area contributed by atoms with Crippen LogP contribution in [0.3, 0.4) is 0 Å². The second-order valence-electron chi connectivity index (χ2n) is 14.8. The van der Waals surface area contributed by atoms with E-state index in [1.54, 1.807) is 0 Å². The van der Waals surface area contributed by atoms with Gasteiger partial charge in [-0.15, -0.1) is 0 Å². The maximum absolute atomic E-state index is 5.30. The van der Waals surface area contributed by atoms with Gasteiger partial charge in [0.05, 0.1) is 5.41 Å². The first-order valence-corrected chi connectivity index (χ1v) is 19.4. The van der Waals surface area contributed by atoms with Gasteiger partial charge in [-0.25, -0.2) is 15.0 Å². The monoisotopic (exact) mass is 725 g/mol. The minimum atomic E-state index is -0.550. The molecule has 9 aromatic rings. The van der Waals surface area contributed by atoms with Gasteiger partial charge in [0.1, 0.15) is 0 Å². The fourth-order valence-electron chi connectivity index (χ4n) is 8.99. The lowest BCUT2D eigenvalue weighted by Crippen LogP contribution is -2.30. The molecule has 1 aromatic heterocycles. The van der Waals surface area contributed by atoms with Gasteiger partial charge in [0.15, 0.2) is 17.5 Å². The zero-order valence-corrected chi connectivity index (χ0v) is 31.0. The zero-order chi connectivity index (χ0) is 37.8. The average Bonchev–Trinajstić information content (AvgIpc) is 3.49. The van der Waals surface area contributed by atoms with E-state index in [0.29, 0.717) is 17.5 Å². The maximum Gasteiger partial charge on any atom is 0.164 e. The predicted octanol–water partition coefficient (Wildman–Crippen LogP) is 13.1. The Morgan fingerprint density at radius 3 is 1.21 bits per heavy atom. The topological polar surface area (TPSA) is 38.7 Å². The summed E-state index contributed by atoms with van der Waals surface area (Å²) in [6.45, 7) is 0. The summed E-state index contributed by atoms with van der Waals surface area (Å²) in [4.78, 5) is 15.8. The number of benzene rings is 8. The average molecular weight is 726 g/mol. The lowest BCUT2D eigenvalue weighted by Gasteiger charge is -2.35. The molecule has 8 aromatic carbocycles. The SMILES string of the molecule is C1=Cc2ccccc2C2(c3ccccc31)c1ccccc1-c1ccc(-c3nc(-c4cccc(-c5ccccc5)c4)nc(-c4cccc(-c5ccccc5)c4)n3)cc12. The second-order valence-corrected chi connectivity index (χ2v) is 14.8. The van der Waals surface area contributed by atoms with E-state index in [1.165, 1.54) is 44.5 Å². The molecule has 0 radical (unpaired) electrons. The summed E-state index contributed by atoms with van der Waals surface area (Å²) in [6, 6.07) is 71.3. The van der Waals surface area contributed by atoms with Gasteiger partial charge < -0.3 is 0 Å². The van der Waals surface area contributed by atoms with Gasteiger partial charge in [-0.1, -0.05) is 194 Å². The van der Waals surface area contributed by atoms with E-state index < -0.39 is 5.41 Å². The molecule has 266 valence electrons. The first-order chi connectivity index (χ1) is 28.2. The van der Waals surface area contributed by atoms with Gasteiger partial charge >= 0.3 is 0 Å². The van der Waals surface area contributed by atoms with Crippen molar-refractivity contribution in [2.45, 2.75) is 5.41 Å². The summed E-state index contributed by atoms with van der Waals surface area (Å²) in [7, 11) is 0. The van der Waals surface area contributed by atoms with E-state index in [-0.39, 0.29) is 0 Å². The first-order valence-electron chi connectivity index (χ1n) is 19.4. The van der Waals surface area contributed by atoms with Crippen LogP contribution in [0.25, 0.3) is 79.7 Å². The Bertz CT molecular complexity index is 2870. The number of rotatable bonds is 5. The van der Waals surface area contributed by atoms with Gasteiger partial charge in [0.25, 0.3) is 0 Å². The third-order valence-corrected chi connectivity index (χ3v) is 11.6. The molecule has 2 aliphatic rings. The Morgan fingerprint density at radius 1 is 0.263 bits per heavy atom. The van der Waals surface area contributed by atoms with Crippen molar-refractivity contribution in [3.05, 3.63) is 234 Å². The molecule has 2 aliphatic carbocycles. The van der Waals surface area contributed by atoms with Gasteiger partial charge in [-0.2, -0.15) is 0 Å². The number of hydrogen-bond acceptors (Lipinski definition) is 3. The molecule has 1 heterocycles. The summed E-state index contributed by atoms with van der Waals surface area (Å²) in [5.41, 5.74) is 16.7. The Hall–Kier alpha value is -7.49. The van der Waals surface area contributed by atoms with Crippen LogP contribution in [0.4, 0.5) is 0 Å². The Labute approximate surface area is 332 Å². The molecule has 0 saturated heterocycles. The van der Waals surface area contributed by atoms with E-state index in [0.717, 1.165) is 38.9 Å². The van der Waals surface area contributed by atoms with Crippen molar-refractivity contribution >= 4 is 12.2 Å². The fraction of sp³-hybridized carbons (Fsp3) is 0.0185. The number of aromatic nitrogens is 3. The van der Waals surface area contributed by atoms with Crippen LogP contribution in [0, 0.1) is 0 Å². The highest BCUT2D eigenvalue weighted by Crippen LogP contribution is 2.59. The van der Waals surface area contributed by atoms with E-state index in [9.17, 15) is 0 Å². The van der Waals surface area contributed by atoms with Crippen LogP contribution in [-0.4, -0.2) is 15.0 Å². The molecule has 3 nitrogen and oxygen atoms in total. The van der Waals surface area contributed by atoms with E-state index in [2.05, 4.69) is 200 Å². The smallest absolute Gasteiger partial charge is 0.164 e. The van der Waals surface area contributed by atoms with Crippen molar-refractivity contribution in [3.63, 3.8) is 0 Å². The zero-order valence-electron chi connectivity index (χ0n) is 31.0. The lowest BCUT2D eigenvalue weighted by molar-refractivity contribution is 0.766. The van der Waals surface area contributed by atoms with E-state index >= 15 is 0 Å².